The minimum atomic E-state index is -0.252. The molecule has 3 rings (SSSR count). The normalized spacial score (nSPS) is 15.5. The van der Waals surface area contributed by atoms with E-state index in [1.807, 2.05) is 6.92 Å². The van der Waals surface area contributed by atoms with E-state index in [4.69, 9.17) is 9.47 Å². The summed E-state index contributed by atoms with van der Waals surface area (Å²) in [7, 11) is 0. The number of ether oxygens (including phenoxy) is 2. The van der Waals surface area contributed by atoms with Crippen molar-refractivity contribution < 1.29 is 13.9 Å². The predicted molar refractivity (Wildman–Crippen MR) is 85.5 cm³/mol. The number of benzene rings is 1. The minimum absolute atomic E-state index is 0.129. The lowest BCUT2D eigenvalue weighted by Gasteiger charge is -2.33. The molecular formula is C17H20FN3O2. The highest BCUT2D eigenvalue weighted by molar-refractivity contribution is 5.48. The second-order valence-electron chi connectivity index (χ2n) is 5.38. The van der Waals surface area contributed by atoms with Crippen molar-refractivity contribution in [1.82, 2.24) is 9.97 Å². The molecule has 1 aliphatic heterocycles. The predicted octanol–water partition coefficient (Wildman–Crippen LogP) is 3.06. The number of halogens is 1. The van der Waals surface area contributed by atoms with Crippen LogP contribution in [0, 0.1) is 5.82 Å². The van der Waals surface area contributed by atoms with Gasteiger partial charge in [0.1, 0.15) is 17.7 Å². The molecule has 0 atom stereocenters. The highest BCUT2D eigenvalue weighted by Crippen LogP contribution is 2.27. The summed E-state index contributed by atoms with van der Waals surface area (Å²) in [6.07, 6.45) is 5.19. The van der Waals surface area contributed by atoms with E-state index < -0.39 is 0 Å². The Balaban J connectivity index is 1.59. The van der Waals surface area contributed by atoms with E-state index in [-0.39, 0.29) is 11.9 Å². The standard InChI is InChI=1S/C17H20FN3O2/c1-2-22-17-16(19-9-10-20-17)21-11-7-15(8-12-21)23-14-5-3-13(18)4-6-14/h3-6,9-10,15H,2,7-8,11-12H2,1H3. The number of rotatable bonds is 5. The molecule has 1 aromatic carbocycles. The molecule has 6 heteroatoms. The maximum Gasteiger partial charge on any atom is 0.257 e. The van der Waals surface area contributed by atoms with Gasteiger partial charge in [0.15, 0.2) is 5.82 Å². The molecule has 0 N–H and O–H groups in total. The number of aromatic nitrogens is 2. The molecule has 0 radical (unpaired) electrons. The van der Waals surface area contributed by atoms with E-state index in [1.165, 1.54) is 12.1 Å². The number of hydrogen-bond acceptors (Lipinski definition) is 5. The van der Waals surface area contributed by atoms with Crippen LogP contribution in [0.25, 0.3) is 0 Å². The summed E-state index contributed by atoms with van der Waals surface area (Å²) in [4.78, 5) is 10.8. The van der Waals surface area contributed by atoms with Gasteiger partial charge in [-0.2, -0.15) is 0 Å². The molecule has 0 saturated carbocycles. The molecule has 0 aliphatic carbocycles. The highest BCUT2D eigenvalue weighted by Gasteiger charge is 2.24. The fourth-order valence-electron chi connectivity index (χ4n) is 2.66. The second kappa shape index (κ2) is 7.26. The van der Waals surface area contributed by atoms with Crippen LogP contribution in [0.1, 0.15) is 19.8 Å². The summed E-state index contributed by atoms with van der Waals surface area (Å²) < 4.78 is 24.4. The zero-order chi connectivity index (χ0) is 16.1. The van der Waals surface area contributed by atoms with Crippen LogP contribution in [0.3, 0.4) is 0 Å². The summed E-state index contributed by atoms with van der Waals surface area (Å²) >= 11 is 0. The Morgan fingerprint density at radius 3 is 2.52 bits per heavy atom. The van der Waals surface area contributed by atoms with Crippen LogP contribution >= 0.6 is 0 Å². The van der Waals surface area contributed by atoms with Gasteiger partial charge in [0, 0.05) is 38.3 Å². The Bertz CT molecular complexity index is 628. The molecule has 2 heterocycles. The first kappa shape index (κ1) is 15.5. The molecule has 122 valence electrons. The molecule has 1 saturated heterocycles. The monoisotopic (exact) mass is 317 g/mol. The summed E-state index contributed by atoms with van der Waals surface area (Å²) in [6.45, 7) is 4.15. The number of hydrogen-bond donors (Lipinski definition) is 0. The number of nitrogens with zero attached hydrogens (tertiary/aromatic N) is 3. The average Bonchev–Trinajstić information content (AvgIpc) is 2.59. The van der Waals surface area contributed by atoms with Crippen molar-refractivity contribution in [3.63, 3.8) is 0 Å². The van der Waals surface area contributed by atoms with Crippen molar-refractivity contribution >= 4 is 5.82 Å². The fraction of sp³-hybridized carbons (Fsp3) is 0.412. The van der Waals surface area contributed by atoms with E-state index in [0.29, 0.717) is 18.2 Å². The molecule has 5 nitrogen and oxygen atoms in total. The van der Waals surface area contributed by atoms with Gasteiger partial charge in [-0.05, 0) is 31.2 Å². The summed E-state index contributed by atoms with van der Waals surface area (Å²) in [5.41, 5.74) is 0. The fourth-order valence-corrected chi connectivity index (χ4v) is 2.66. The number of piperidine rings is 1. The first-order valence-corrected chi connectivity index (χ1v) is 7.87. The van der Waals surface area contributed by atoms with Crippen LogP contribution in [0.5, 0.6) is 11.6 Å². The average molecular weight is 317 g/mol. The van der Waals surface area contributed by atoms with Crippen molar-refractivity contribution in [3.8, 4) is 11.6 Å². The summed E-state index contributed by atoms with van der Waals surface area (Å²) in [5.74, 6) is 1.82. The van der Waals surface area contributed by atoms with Crippen LogP contribution in [-0.4, -0.2) is 35.8 Å². The zero-order valence-electron chi connectivity index (χ0n) is 13.1. The Hall–Kier alpha value is -2.37. The Morgan fingerprint density at radius 1 is 1.13 bits per heavy atom. The van der Waals surface area contributed by atoms with Gasteiger partial charge in [-0.25, -0.2) is 14.4 Å². The minimum Gasteiger partial charge on any atom is -0.490 e. The van der Waals surface area contributed by atoms with E-state index in [9.17, 15) is 4.39 Å². The molecular weight excluding hydrogens is 297 g/mol. The lowest BCUT2D eigenvalue weighted by atomic mass is 10.1. The third-order valence-electron chi connectivity index (χ3n) is 3.79. The lowest BCUT2D eigenvalue weighted by molar-refractivity contribution is 0.170. The van der Waals surface area contributed by atoms with Gasteiger partial charge >= 0.3 is 0 Å². The summed E-state index contributed by atoms with van der Waals surface area (Å²) in [6, 6.07) is 6.16. The van der Waals surface area contributed by atoms with E-state index in [1.54, 1.807) is 24.5 Å². The van der Waals surface area contributed by atoms with Crippen molar-refractivity contribution in [2.75, 3.05) is 24.6 Å². The van der Waals surface area contributed by atoms with Gasteiger partial charge < -0.3 is 14.4 Å². The SMILES string of the molecule is CCOc1nccnc1N1CCC(Oc2ccc(F)cc2)CC1. The molecule has 0 unspecified atom stereocenters. The van der Waals surface area contributed by atoms with Crippen LogP contribution in [0.2, 0.25) is 0 Å². The quantitative estimate of drug-likeness (QED) is 0.848. The third-order valence-corrected chi connectivity index (χ3v) is 3.79. The maximum absolute atomic E-state index is 12.9. The van der Waals surface area contributed by atoms with Crippen molar-refractivity contribution in [2.45, 2.75) is 25.9 Å². The number of anilines is 1. The largest absolute Gasteiger partial charge is 0.490 e. The van der Waals surface area contributed by atoms with E-state index in [2.05, 4.69) is 14.9 Å². The topological polar surface area (TPSA) is 47.5 Å². The van der Waals surface area contributed by atoms with Gasteiger partial charge in [-0.3, -0.25) is 0 Å². The van der Waals surface area contributed by atoms with Crippen LogP contribution in [0.15, 0.2) is 36.7 Å². The van der Waals surface area contributed by atoms with Crippen LogP contribution < -0.4 is 14.4 Å². The maximum atomic E-state index is 12.9. The van der Waals surface area contributed by atoms with Gasteiger partial charge in [-0.15, -0.1) is 0 Å². The molecule has 1 fully saturated rings. The molecule has 23 heavy (non-hydrogen) atoms. The van der Waals surface area contributed by atoms with Gasteiger partial charge in [-0.1, -0.05) is 0 Å². The van der Waals surface area contributed by atoms with Gasteiger partial charge in [0.05, 0.1) is 6.61 Å². The second-order valence-corrected chi connectivity index (χ2v) is 5.38. The molecule has 0 amide bonds. The lowest BCUT2D eigenvalue weighted by Crippen LogP contribution is -2.39. The highest BCUT2D eigenvalue weighted by atomic mass is 19.1. The van der Waals surface area contributed by atoms with Gasteiger partial charge in [0.25, 0.3) is 5.88 Å². The van der Waals surface area contributed by atoms with E-state index >= 15 is 0 Å². The molecule has 2 aromatic rings. The molecule has 0 spiro atoms. The first-order chi connectivity index (χ1) is 11.3. The zero-order valence-corrected chi connectivity index (χ0v) is 13.1. The van der Waals surface area contributed by atoms with E-state index in [0.717, 1.165) is 31.7 Å². The van der Waals surface area contributed by atoms with Crippen molar-refractivity contribution in [1.29, 1.82) is 0 Å². The molecule has 1 aliphatic rings. The molecule has 0 bridgehead atoms. The Kier molecular flexibility index (Phi) is 4.90. The van der Waals surface area contributed by atoms with Crippen LogP contribution in [0.4, 0.5) is 10.2 Å². The first-order valence-electron chi connectivity index (χ1n) is 7.87. The molecule has 1 aromatic heterocycles. The smallest absolute Gasteiger partial charge is 0.257 e. The Morgan fingerprint density at radius 2 is 1.83 bits per heavy atom. The van der Waals surface area contributed by atoms with Gasteiger partial charge in [0.2, 0.25) is 0 Å². The third kappa shape index (κ3) is 3.88. The Labute approximate surface area is 135 Å². The van der Waals surface area contributed by atoms with Crippen molar-refractivity contribution in [3.05, 3.63) is 42.5 Å². The van der Waals surface area contributed by atoms with Crippen LogP contribution in [-0.2, 0) is 0 Å². The van der Waals surface area contributed by atoms with Crippen molar-refractivity contribution in [2.24, 2.45) is 0 Å². The summed E-state index contributed by atoms with van der Waals surface area (Å²) in [5, 5.41) is 0.